The Morgan fingerprint density at radius 2 is 1.84 bits per heavy atom. The average molecular weight is 431 g/mol. The fourth-order valence-corrected chi connectivity index (χ4v) is 3.40. The average Bonchev–Trinajstić information content (AvgIpc) is 3.24. The zero-order chi connectivity index (χ0) is 22.3. The molecular weight excluding hydrogens is 406 g/mol. The van der Waals surface area contributed by atoms with Gasteiger partial charge in [-0.15, -0.1) is 0 Å². The van der Waals surface area contributed by atoms with Crippen LogP contribution in [0.1, 0.15) is 6.92 Å². The second-order valence-corrected chi connectivity index (χ2v) is 7.21. The molecule has 0 radical (unpaired) electrons. The van der Waals surface area contributed by atoms with Crippen LogP contribution in [0.5, 0.6) is 0 Å². The summed E-state index contributed by atoms with van der Waals surface area (Å²) in [7, 11) is 0. The molecular formula is C24H25N5O3. The summed E-state index contributed by atoms with van der Waals surface area (Å²) in [5, 5.41) is 19.6. The number of aromatic nitrogens is 3. The summed E-state index contributed by atoms with van der Waals surface area (Å²) in [5.41, 5.74) is 5.12. The number of ether oxygens (including phenoxy) is 1. The number of hydrogen-bond donors (Lipinski definition) is 3. The molecule has 0 spiro atoms. The van der Waals surface area contributed by atoms with E-state index < -0.39 is 0 Å². The van der Waals surface area contributed by atoms with Crippen LogP contribution in [0.4, 0.5) is 11.5 Å². The summed E-state index contributed by atoms with van der Waals surface area (Å²) in [6.07, 6.45) is 1.79. The maximum Gasteiger partial charge on any atom is 0.221 e. The number of nitrogens with zero attached hydrogens (tertiary/aromatic N) is 3. The van der Waals surface area contributed by atoms with Crippen molar-refractivity contribution in [2.75, 3.05) is 37.0 Å². The first-order valence-corrected chi connectivity index (χ1v) is 10.4. The van der Waals surface area contributed by atoms with Crippen LogP contribution in [0.15, 0.2) is 66.9 Å². The van der Waals surface area contributed by atoms with Crippen molar-refractivity contribution >= 4 is 23.1 Å². The molecule has 8 nitrogen and oxygen atoms in total. The summed E-state index contributed by atoms with van der Waals surface area (Å²) in [6.45, 7) is 2.82. The molecule has 3 N–H and O–H groups in total. The highest BCUT2D eigenvalue weighted by Crippen LogP contribution is 2.29. The summed E-state index contributed by atoms with van der Waals surface area (Å²) in [6, 6.07) is 19.5. The molecule has 4 aromatic rings. The van der Waals surface area contributed by atoms with Gasteiger partial charge in [-0.3, -0.25) is 4.79 Å². The van der Waals surface area contributed by atoms with E-state index in [1.807, 2.05) is 60.7 Å². The minimum atomic E-state index is -0.110. The number of amides is 1. The van der Waals surface area contributed by atoms with E-state index in [4.69, 9.17) is 14.8 Å². The summed E-state index contributed by atoms with van der Waals surface area (Å²) in [5.74, 6) is 0.684. The Hall–Kier alpha value is -3.75. The number of carbonyl (C=O) groups excluding carboxylic acids is 1. The fourth-order valence-electron chi connectivity index (χ4n) is 3.40. The monoisotopic (exact) mass is 431 g/mol. The van der Waals surface area contributed by atoms with Crippen LogP contribution >= 0.6 is 0 Å². The molecule has 0 saturated heterocycles. The van der Waals surface area contributed by atoms with Crippen LogP contribution in [-0.2, 0) is 9.53 Å². The van der Waals surface area contributed by atoms with Crippen LogP contribution in [0, 0.1) is 0 Å². The van der Waals surface area contributed by atoms with Gasteiger partial charge in [0.2, 0.25) is 5.91 Å². The zero-order valence-corrected chi connectivity index (χ0v) is 17.8. The number of nitrogens with one attached hydrogen (secondary N) is 2. The third kappa shape index (κ3) is 4.93. The molecule has 0 saturated carbocycles. The Balaban J connectivity index is 1.71. The molecule has 0 bridgehead atoms. The van der Waals surface area contributed by atoms with Gasteiger partial charge in [0.05, 0.1) is 31.7 Å². The molecule has 2 aromatic heterocycles. The number of aliphatic hydroxyl groups is 1. The zero-order valence-electron chi connectivity index (χ0n) is 17.8. The first kappa shape index (κ1) is 21.5. The Labute approximate surface area is 185 Å². The first-order chi connectivity index (χ1) is 15.7. The van der Waals surface area contributed by atoms with Crippen molar-refractivity contribution in [3.8, 4) is 22.4 Å². The van der Waals surface area contributed by atoms with Crippen molar-refractivity contribution in [3.05, 3.63) is 66.9 Å². The fraction of sp³-hybridized carbons (Fsp3) is 0.208. The lowest BCUT2D eigenvalue weighted by molar-refractivity contribution is -0.114. The van der Waals surface area contributed by atoms with E-state index in [-0.39, 0.29) is 12.5 Å². The van der Waals surface area contributed by atoms with Crippen molar-refractivity contribution in [1.82, 2.24) is 14.6 Å². The molecule has 4 rings (SSSR count). The van der Waals surface area contributed by atoms with Gasteiger partial charge in [-0.2, -0.15) is 9.61 Å². The van der Waals surface area contributed by atoms with Crippen molar-refractivity contribution < 1.29 is 14.6 Å². The van der Waals surface area contributed by atoms with Crippen LogP contribution < -0.4 is 10.6 Å². The van der Waals surface area contributed by atoms with E-state index in [9.17, 15) is 4.79 Å². The van der Waals surface area contributed by atoms with Crippen molar-refractivity contribution in [1.29, 1.82) is 0 Å². The van der Waals surface area contributed by atoms with Crippen LogP contribution in [0.2, 0.25) is 0 Å². The van der Waals surface area contributed by atoms with Gasteiger partial charge in [-0.25, -0.2) is 4.98 Å². The Morgan fingerprint density at radius 3 is 2.56 bits per heavy atom. The van der Waals surface area contributed by atoms with Crippen molar-refractivity contribution in [3.63, 3.8) is 0 Å². The first-order valence-electron chi connectivity index (χ1n) is 10.4. The van der Waals surface area contributed by atoms with Crippen LogP contribution in [0.25, 0.3) is 28.0 Å². The Morgan fingerprint density at radius 1 is 1.06 bits per heavy atom. The van der Waals surface area contributed by atoms with Gasteiger partial charge in [0, 0.05) is 36.3 Å². The highest BCUT2D eigenvalue weighted by molar-refractivity contribution is 5.89. The molecule has 2 aromatic carbocycles. The van der Waals surface area contributed by atoms with E-state index in [2.05, 4.69) is 15.7 Å². The van der Waals surface area contributed by atoms with Gasteiger partial charge in [0.25, 0.3) is 0 Å². The molecule has 0 aliphatic carbocycles. The van der Waals surface area contributed by atoms with E-state index in [0.29, 0.717) is 19.8 Å². The molecule has 8 heteroatoms. The molecule has 32 heavy (non-hydrogen) atoms. The molecule has 164 valence electrons. The number of hydrogen-bond acceptors (Lipinski definition) is 6. The maximum atomic E-state index is 11.3. The third-order valence-electron chi connectivity index (χ3n) is 4.85. The number of aliphatic hydroxyl groups excluding tert-OH is 1. The van der Waals surface area contributed by atoms with E-state index in [0.717, 1.165) is 39.5 Å². The smallest absolute Gasteiger partial charge is 0.221 e. The van der Waals surface area contributed by atoms with Gasteiger partial charge in [0.1, 0.15) is 5.82 Å². The normalized spacial score (nSPS) is 10.9. The van der Waals surface area contributed by atoms with Crippen molar-refractivity contribution in [2.45, 2.75) is 6.92 Å². The molecule has 0 aliphatic heterocycles. The molecule has 2 heterocycles. The minimum Gasteiger partial charge on any atom is -0.394 e. The number of rotatable bonds is 9. The number of anilines is 2. The summed E-state index contributed by atoms with van der Waals surface area (Å²) in [4.78, 5) is 16.2. The third-order valence-corrected chi connectivity index (χ3v) is 4.85. The maximum absolute atomic E-state index is 11.3. The summed E-state index contributed by atoms with van der Waals surface area (Å²) < 4.78 is 7.13. The van der Waals surface area contributed by atoms with Crippen LogP contribution in [-0.4, -0.2) is 52.0 Å². The van der Waals surface area contributed by atoms with E-state index in [1.54, 1.807) is 10.7 Å². The predicted octanol–water partition coefficient (Wildman–Crippen LogP) is 3.44. The molecule has 0 fully saturated rings. The largest absolute Gasteiger partial charge is 0.394 e. The van der Waals surface area contributed by atoms with E-state index in [1.165, 1.54) is 6.92 Å². The quantitative estimate of drug-likeness (QED) is 0.351. The standard InChI is InChI=1S/C24H25N5O3/c1-17(31)27-20-9-7-18(8-10-20)21-16-26-29-23(25-11-13-32-14-12-30)15-22(28-24(21)29)19-5-3-2-4-6-19/h2-10,15-16,25,30H,11-14H2,1H3,(H,27,31). The number of fused-ring (bicyclic) bond motifs is 1. The Bertz CT molecular complexity index is 1190. The minimum absolute atomic E-state index is 0.000893. The van der Waals surface area contributed by atoms with Crippen molar-refractivity contribution in [2.24, 2.45) is 0 Å². The second-order valence-electron chi connectivity index (χ2n) is 7.21. The SMILES string of the molecule is CC(=O)Nc1ccc(-c2cnn3c(NCCOCCO)cc(-c4ccccc4)nc23)cc1. The molecule has 0 unspecified atom stereocenters. The second kappa shape index (κ2) is 10.0. The van der Waals surface area contributed by atoms with Crippen LogP contribution in [0.3, 0.4) is 0 Å². The summed E-state index contributed by atoms with van der Waals surface area (Å²) >= 11 is 0. The number of benzene rings is 2. The molecule has 1 amide bonds. The van der Waals surface area contributed by atoms with Gasteiger partial charge in [-0.05, 0) is 17.7 Å². The highest BCUT2D eigenvalue weighted by Gasteiger charge is 2.14. The highest BCUT2D eigenvalue weighted by atomic mass is 16.5. The molecule has 0 aliphatic rings. The Kier molecular flexibility index (Phi) is 6.74. The van der Waals surface area contributed by atoms with Gasteiger partial charge in [0.15, 0.2) is 5.65 Å². The molecule has 0 atom stereocenters. The topological polar surface area (TPSA) is 101 Å². The lowest BCUT2D eigenvalue weighted by Gasteiger charge is -2.12. The van der Waals surface area contributed by atoms with Gasteiger partial charge in [-0.1, -0.05) is 42.5 Å². The lowest BCUT2D eigenvalue weighted by Crippen LogP contribution is -2.14. The number of carbonyl (C=O) groups is 1. The van der Waals surface area contributed by atoms with Gasteiger partial charge >= 0.3 is 0 Å². The van der Waals surface area contributed by atoms with E-state index >= 15 is 0 Å². The predicted molar refractivity (Wildman–Crippen MR) is 125 cm³/mol. The lowest BCUT2D eigenvalue weighted by atomic mass is 10.1. The van der Waals surface area contributed by atoms with Gasteiger partial charge < -0.3 is 20.5 Å².